The lowest BCUT2D eigenvalue weighted by Gasteiger charge is -2.09. The van der Waals surface area contributed by atoms with Crippen LogP contribution in [0.4, 0.5) is 0 Å². The highest BCUT2D eigenvalue weighted by atomic mass is 16.5. The fourth-order valence-electron chi connectivity index (χ4n) is 2.00. The van der Waals surface area contributed by atoms with E-state index in [9.17, 15) is 0 Å². The van der Waals surface area contributed by atoms with E-state index in [1.165, 1.54) is 12.8 Å². The molecule has 1 saturated carbocycles. The highest BCUT2D eigenvalue weighted by Crippen LogP contribution is 2.23. The van der Waals surface area contributed by atoms with Gasteiger partial charge in [-0.1, -0.05) is 12.1 Å². The van der Waals surface area contributed by atoms with E-state index in [0.29, 0.717) is 18.5 Å². The van der Waals surface area contributed by atoms with Crippen molar-refractivity contribution < 1.29 is 4.52 Å². The molecule has 1 aromatic rings. The van der Waals surface area contributed by atoms with E-state index in [0.717, 1.165) is 17.0 Å². The summed E-state index contributed by atoms with van der Waals surface area (Å²) in [5, 5.41) is 7.12. The van der Waals surface area contributed by atoms with Crippen LogP contribution in [0.25, 0.3) is 0 Å². The first-order valence-corrected chi connectivity index (χ1v) is 6.07. The fourth-order valence-corrected chi connectivity index (χ4v) is 2.00. The average molecular weight is 236 g/mol. The minimum atomic E-state index is 0.279. The summed E-state index contributed by atoms with van der Waals surface area (Å²) < 4.78 is 5.15. The van der Waals surface area contributed by atoms with Crippen molar-refractivity contribution in [3.63, 3.8) is 0 Å². The Morgan fingerprint density at radius 2 is 2.29 bits per heavy atom. The molecule has 1 fully saturated rings. The second kappa shape index (κ2) is 4.77. The molecule has 1 aliphatic rings. The zero-order valence-electron chi connectivity index (χ0n) is 10.7. The number of guanidine groups is 1. The monoisotopic (exact) mass is 236 g/mol. The third-order valence-corrected chi connectivity index (χ3v) is 3.05. The van der Waals surface area contributed by atoms with Crippen LogP contribution >= 0.6 is 0 Å². The van der Waals surface area contributed by atoms with Gasteiger partial charge in [0.15, 0.2) is 5.96 Å². The van der Waals surface area contributed by atoms with Crippen LogP contribution in [-0.4, -0.2) is 23.7 Å². The summed E-state index contributed by atoms with van der Waals surface area (Å²) in [6.07, 6.45) is 2.41. The number of nitrogens with two attached hydrogens (primary N) is 1. The highest BCUT2D eigenvalue weighted by Gasteiger charge is 2.21. The fraction of sp³-hybridized carbons (Fsp3) is 0.667. The lowest BCUT2D eigenvalue weighted by atomic mass is 10.00. The molecule has 5 heteroatoms. The molecule has 1 heterocycles. The SMILES string of the molecule is Cc1noc(C)c1C(C)CN=C(N)NC1CC1. The Bertz CT molecular complexity index is 401. The second-order valence-electron chi connectivity index (χ2n) is 4.78. The smallest absolute Gasteiger partial charge is 0.188 e. The third kappa shape index (κ3) is 2.99. The molecule has 1 aliphatic carbocycles. The minimum absolute atomic E-state index is 0.279. The third-order valence-electron chi connectivity index (χ3n) is 3.05. The van der Waals surface area contributed by atoms with E-state index >= 15 is 0 Å². The molecule has 2 rings (SSSR count). The summed E-state index contributed by atoms with van der Waals surface area (Å²) in [4.78, 5) is 4.36. The van der Waals surface area contributed by atoms with Crippen molar-refractivity contribution in [2.24, 2.45) is 10.7 Å². The van der Waals surface area contributed by atoms with Crippen LogP contribution in [0.5, 0.6) is 0 Å². The summed E-state index contributed by atoms with van der Waals surface area (Å²) in [6, 6.07) is 0.549. The summed E-state index contributed by atoms with van der Waals surface area (Å²) in [5.41, 5.74) is 7.88. The molecule has 0 aromatic carbocycles. The topological polar surface area (TPSA) is 76.4 Å². The van der Waals surface area contributed by atoms with Gasteiger partial charge in [-0.15, -0.1) is 0 Å². The first-order chi connectivity index (χ1) is 8.08. The second-order valence-corrected chi connectivity index (χ2v) is 4.78. The van der Waals surface area contributed by atoms with Gasteiger partial charge in [0.25, 0.3) is 0 Å². The summed E-state index contributed by atoms with van der Waals surface area (Å²) >= 11 is 0. The van der Waals surface area contributed by atoms with Gasteiger partial charge in [-0.05, 0) is 26.7 Å². The number of aromatic nitrogens is 1. The molecule has 1 aromatic heterocycles. The largest absolute Gasteiger partial charge is 0.370 e. The van der Waals surface area contributed by atoms with Crippen molar-refractivity contribution >= 4 is 5.96 Å². The molecule has 0 radical (unpaired) electrons. The van der Waals surface area contributed by atoms with E-state index in [2.05, 4.69) is 22.4 Å². The minimum Gasteiger partial charge on any atom is -0.370 e. The van der Waals surface area contributed by atoms with Gasteiger partial charge < -0.3 is 15.6 Å². The number of aryl methyl sites for hydroxylation is 2. The van der Waals surface area contributed by atoms with Crippen molar-refractivity contribution in [2.45, 2.75) is 45.6 Å². The zero-order valence-corrected chi connectivity index (χ0v) is 10.7. The van der Waals surface area contributed by atoms with Crippen LogP contribution in [-0.2, 0) is 0 Å². The van der Waals surface area contributed by atoms with Crippen molar-refractivity contribution in [2.75, 3.05) is 6.54 Å². The molecule has 0 aliphatic heterocycles. The van der Waals surface area contributed by atoms with Crippen LogP contribution < -0.4 is 11.1 Å². The van der Waals surface area contributed by atoms with Gasteiger partial charge in [0.2, 0.25) is 0 Å². The Morgan fingerprint density at radius 1 is 1.59 bits per heavy atom. The van der Waals surface area contributed by atoms with Crippen LogP contribution in [0.15, 0.2) is 9.52 Å². The lowest BCUT2D eigenvalue weighted by Crippen LogP contribution is -2.33. The zero-order chi connectivity index (χ0) is 12.4. The number of nitrogens with one attached hydrogen (secondary N) is 1. The van der Waals surface area contributed by atoms with Gasteiger partial charge in [0, 0.05) is 24.1 Å². The van der Waals surface area contributed by atoms with E-state index in [1.54, 1.807) is 0 Å². The van der Waals surface area contributed by atoms with Gasteiger partial charge in [0.1, 0.15) is 5.76 Å². The van der Waals surface area contributed by atoms with Crippen molar-refractivity contribution in [1.29, 1.82) is 0 Å². The summed E-state index contributed by atoms with van der Waals surface area (Å²) in [6.45, 7) is 6.66. The number of rotatable bonds is 4. The molecule has 0 saturated heterocycles. The standard InChI is InChI=1S/C12H20N4O/c1-7(11-8(2)16-17-9(11)3)6-14-12(13)15-10-4-5-10/h7,10H,4-6H2,1-3H3,(H3,13,14,15). The maximum atomic E-state index is 5.79. The summed E-state index contributed by atoms with van der Waals surface area (Å²) in [7, 11) is 0. The maximum Gasteiger partial charge on any atom is 0.188 e. The maximum absolute atomic E-state index is 5.79. The highest BCUT2D eigenvalue weighted by molar-refractivity contribution is 5.78. The van der Waals surface area contributed by atoms with Gasteiger partial charge in [-0.3, -0.25) is 4.99 Å². The Labute approximate surface area is 101 Å². The van der Waals surface area contributed by atoms with Gasteiger partial charge in [0.05, 0.1) is 5.69 Å². The molecule has 0 amide bonds. The van der Waals surface area contributed by atoms with E-state index in [1.807, 2.05) is 13.8 Å². The molecule has 1 unspecified atom stereocenters. The normalized spacial score (nSPS) is 18.2. The molecule has 1 atom stereocenters. The molecule has 17 heavy (non-hydrogen) atoms. The Balaban J connectivity index is 1.94. The van der Waals surface area contributed by atoms with E-state index in [4.69, 9.17) is 10.3 Å². The van der Waals surface area contributed by atoms with E-state index in [-0.39, 0.29) is 5.92 Å². The first kappa shape index (κ1) is 12.0. The number of aliphatic imine (C=N–C) groups is 1. The van der Waals surface area contributed by atoms with Crippen LogP contribution in [0.2, 0.25) is 0 Å². The average Bonchev–Trinajstić information content (AvgIpc) is 3.01. The number of nitrogens with zero attached hydrogens (tertiary/aromatic N) is 2. The van der Waals surface area contributed by atoms with E-state index < -0.39 is 0 Å². The quantitative estimate of drug-likeness (QED) is 0.613. The Morgan fingerprint density at radius 3 is 2.82 bits per heavy atom. The lowest BCUT2D eigenvalue weighted by molar-refractivity contribution is 0.391. The molecule has 0 spiro atoms. The van der Waals surface area contributed by atoms with Crippen molar-refractivity contribution in [1.82, 2.24) is 10.5 Å². The van der Waals surface area contributed by atoms with Gasteiger partial charge >= 0.3 is 0 Å². The molecular formula is C12H20N4O. The van der Waals surface area contributed by atoms with Crippen LogP contribution in [0.1, 0.15) is 42.7 Å². The van der Waals surface area contributed by atoms with Gasteiger partial charge in [-0.25, -0.2) is 0 Å². The molecular weight excluding hydrogens is 216 g/mol. The van der Waals surface area contributed by atoms with Crippen molar-refractivity contribution in [3.8, 4) is 0 Å². The first-order valence-electron chi connectivity index (χ1n) is 6.07. The Kier molecular flexibility index (Phi) is 3.36. The Hall–Kier alpha value is -1.52. The van der Waals surface area contributed by atoms with Crippen LogP contribution in [0, 0.1) is 13.8 Å². The molecule has 94 valence electrons. The van der Waals surface area contributed by atoms with Crippen LogP contribution in [0.3, 0.4) is 0 Å². The van der Waals surface area contributed by atoms with Crippen molar-refractivity contribution in [3.05, 3.63) is 17.0 Å². The number of hydrogen-bond acceptors (Lipinski definition) is 3. The predicted molar refractivity (Wildman–Crippen MR) is 67.0 cm³/mol. The molecule has 0 bridgehead atoms. The number of hydrogen-bond donors (Lipinski definition) is 2. The molecule has 3 N–H and O–H groups in total. The molecule has 5 nitrogen and oxygen atoms in total. The predicted octanol–water partition coefficient (Wildman–Crippen LogP) is 1.46. The summed E-state index contributed by atoms with van der Waals surface area (Å²) in [5.74, 6) is 1.70. The van der Waals surface area contributed by atoms with Gasteiger partial charge in [-0.2, -0.15) is 0 Å².